The lowest BCUT2D eigenvalue weighted by Crippen LogP contribution is -1.92. The lowest BCUT2D eigenvalue weighted by atomic mass is 10.1. The van der Waals surface area contributed by atoms with Gasteiger partial charge in [0.2, 0.25) is 0 Å². The molecule has 0 aliphatic carbocycles. The molecule has 0 fully saturated rings. The Morgan fingerprint density at radius 1 is 1.19 bits per heavy atom. The first-order valence-corrected chi connectivity index (χ1v) is 6.58. The summed E-state index contributed by atoms with van der Waals surface area (Å²) in [4.78, 5) is 15.3. The average Bonchev–Trinajstić information content (AvgIpc) is 2.79. The highest BCUT2D eigenvalue weighted by atomic mass is 16.4. The lowest BCUT2D eigenvalue weighted by Gasteiger charge is -2.05. The molecule has 0 unspecified atom stereocenters. The summed E-state index contributed by atoms with van der Waals surface area (Å²) in [5.41, 5.74) is 4.59. The van der Waals surface area contributed by atoms with Crippen LogP contribution in [0, 0.1) is 0 Å². The van der Waals surface area contributed by atoms with Crippen molar-refractivity contribution in [2.24, 2.45) is 7.05 Å². The van der Waals surface area contributed by atoms with E-state index in [4.69, 9.17) is 5.11 Å². The third kappa shape index (κ3) is 2.31. The van der Waals surface area contributed by atoms with E-state index in [2.05, 4.69) is 4.98 Å². The zero-order valence-corrected chi connectivity index (χ0v) is 11.5. The maximum atomic E-state index is 10.8. The number of nitrogens with zero attached hydrogens (tertiary/aromatic N) is 2. The molecule has 0 amide bonds. The topological polar surface area (TPSA) is 55.1 Å². The summed E-state index contributed by atoms with van der Waals surface area (Å²) < 4.78 is 2.04. The van der Waals surface area contributed by atoms with Gasteiger partial charge in [-0.2, -0.15) is 0 Å². The third-order valence-electron chi connectivity index (χ3n) is 3.43. The summed E-state index contributed by atoms with van der Waals surface area (Å²) >= 11 is 0. The van der Waals surface area contributed by atoms with Crippen LogP contribution in [-0.4, -0.2) is 20.6 Å². The van der Waals surface area contributed by atoms with Crippen molar-refractivity contribution in [3.05, 3.63) is 60.3 Å². The van der Waals surface area contributed by atoms with Crippen LogP contribution < -0.4 is 0 Å². The molecule has 3 aromatic rings. The van der Waals surface area contributed by atoms with E-state index >= 15 is 0 Å². The SMILES string of the molecule is Cn1c(-c2ccccc2)c(/C=C/C(=O)O)c2ncccc21. The van der Waals surface area contributed by atoms with E-state index in [9.17, 15) is 4.79 Å². The molecule has 2 heterocycles. The van der Waals surface area contributed by atoms with E-state index in [0.717, 1.165) is 33.9 Å². The van der Waals surface area contributed by atoms with Crippen molar-refractivity contribution in [3.8, 4) is 11.3 Å². The molecule has 4 heteroatoms. The number of aryl methyl sites for hydroxylation is 1. The molecule has 0 aliphatic rings. The molecule has 1 N–H and O–H groups in total. The fourth-order valence-corrected chi connectivity index (χ4v) is 2.55. The number of benzene rings is 1. The van der Waals surface area contributed by atoms with E-state index in [1.807, 2.05) is 54.1 Å². The number of pyridine rings is 1. The number of carbonyl (C=O) groups is 1. The first-order valence-electron chi connectivity index (χ1n) is 6.58. The summed E-state index contributed by atoms with van der Waals surface area (Å²) in [5, 5.41) is 8.90. The Hall–Kier alpha value is -2.88. The van der Waals surface area contributed by atoms with Crippen LogP contribution in [0.3, 0.4) is 0 Å². The molecule has 0 saturated carbocycles. The van der Waals surface area contributed by atoms with Crippen molar-refractivity contribution in [1.29, 1.82) is 0 Å². The van der Waals surface area contributed by atoms with Gasteiger partial charge in [-0.15, -0.1) is 0 Å². The third-order valence-corrected chi connectivity index (χ3v) is 3.43. The highest BCUT2D eigenvalue weighted by Gasteiger charge is 2.15. The maximum Gasteiger partial charge on any atom is 0.328 e. The Labute approximate surface area is 122 Å². The molecule has 0 radical (unpaired) electrons. The molecule has 21 heavy (non-hydrogen) atoms. The first-order chi connectivity index (χ1) is 10.2. The molecule has 0 atom stereocenters. The largest absolute Gasteiger partial charge is 0.478 e. The highest BCUT2D eigenvalue weighted by molar-refractivity contribution is 5.98. The Morgan fingerprint density at radius 3 is 2.67 bits per heavy atom. The monoisotopic (exact) mass is 278 g/mol. The number of aliphatic carboxylic acids is 1. The van der Waals surface area contributed by atoms with Crippen molar-refractivity contribution in [2.75, 3.05) is 0 Å². The van der Waals surface area contributed by atoms with E-state index in [1.54, 1.807) is 12.3 Å². The van der Waals surface area contributed by atoms with E-state index in [1.165, 1.54) is 0 Å². The normalized spacial score (nSPS) is 11.3. The van der Waals surface area contributed by atoms with Crippen LogP contribution in [0.2, 0.25) is 0 Å². The molecular weight excluding hydrogens is 264 g/mol. The van der Waals surface area contributed by atoms with Gasteiger partial charge in [0.05, 0.1) is 16.7 Å². The van der Waals surface area contributed by atoms with Crippen LogP contribution in [0.15, 0.2) is 54.7 Å². The number of fused-ring (bicyclic) bond motifs is 1. The number of hydrogen-bond donors (Lipinski definition) is 1. The van der Waals surface area contributed by atoms with Crippen LogP contribution in [-0.2, 0) is 11.8 Å². The fourth-order valence-electron chi connectivity index (χ4n) is 2.55. The average molecular weight is 278 g/mol. The van der Waals surface area contributed by atoms with Crippen molar-refractivity contribution in [1.82, 2.24) is 9.55 Å². The van der Waals surface area contributed by atoms with Crippen molar-refractivity contribution >= 4 is 23.1 Å². The van der Waals surface area contributed by atoms with Gasteiger partial charge in [-0.25, -0.2) is 4.79 Å². The Balaban J connectivity index is 2.34. The van der Waals surface area contributed by atoms with Crippen LogP contribution in [0.4, 0.5) is 0 Å². The van der Waals surface area contributed by atoms with Crippen molar-refractivity contribution in [3.63, 3.8) is 0 Å². The number of aromatic nitrogens is 2. The minimum atomic E-state index is -0.970. The molecule has 1 aromatic carbocycles. The van der Waals surface area contributed by atoms with Gasteiger partial charge in [0, 0.05) is 24.9 Å². The van der Waals surface area contributed by atoms with Crippen LogP contribution >= 0.6 is 0 Å². The van der Waals surface area contributed by atoms with E-state index < -0.39 is 5.97 Å². The number of rotatable bonds is 3. The molecule has 0 bridgehead atoms. The van der Waals surface area contributed by atoms with Crippen LogP contribution in [0.25, 0.3) is 28.4 Å². The quantitative estimate of drug-likeness (QED) is 0.748. The van der Waals surface area contributed by atoms with Gasteiger partial charge < -0.3 is 9.67 Å². The highest BCUT2D eigenvalue weighted by Crippen LogP contribution is 2.32. The van der Waals surface area contributed by atoms with Gasteiger partial charge in [0.25, 0.3) is 0 Å². The summed E-state index contributed by atoms with van der Waals surface area (Å²) in [6.07, 6.45) is 4.48. The van der Waals surface area contributed by atoms with Gasteiger partial charge in [0.15, 0.2) is 0 Å². The van der Waals surface area contributed by atoms with Gasteiger partial charge in [-0.3, -0.25) is 4.98 Å². The lowest BCUT2D eigenvalue weighted by molar-refractivity contribution is -0.131. The number of hydrogen-bond acceptors (Lipinski definition) is 2. The van der Waals surface area contributed by atoms with Gasteiger partial charge >= 0.3 is 5.97 Å². The van der Waals surface area contributed by atoms with Crippen LogP contribution in [0.1, 0.15) is 5.56 Å². The van der Waals surface area contributed by atoms with Crippen molar-refractivity contribution < 1.29 is 9.90 Å². The summed E-state index contributed by atoms with van der Waals surface area (Å²) in [6, 6.07) is 13.8. The maximum absolute atomic E-state index is 10.8. The zero-order valence-electron chi connectivity index (χ0n) is 11.5. The molecule has 0 aliphatic heterocycles. The summed E-state index contributed by atoms with van der Waals surface area (Å²) in [7, 11) is 1.96. The molecule has 0 spiro atoms. The Morgan fingerprint density at radius 2 is 1.95 bits per heavy atom. The number of carboxylic acids is 1. The molecule has 4 nitrogen and oxygen atoms in total. The minimum absolute atomic E-state index is 0.802. The second-order valence-electron chi connectivity index (χ2n) is 4.73. The van der Waals surface area contributed by atoms with Crippen LogP contribution in [0.5, 0.6) is 0 Å². The van der Waals surface area contributed by atoms with Gasteiger partial charge in [0.1, 0.15) is 0 Å². The predicted octanol–water partition coefficient (Wildman–Crippen LogP) is 3.34. The Bertz CT molecular complexity index is 833. The van der Waals surface area contributed by atoms with E-state index in [0.29, 0.717) is 0 Å². The second kappa shape index (κ2) is 5.25. The van der Waals surface area contributed by atoms with Crippen molar-refractivity contribution in [2.45, 2.75) is 0 Å². The molecule has 104 valence electrons. The zero-order chi connectivity index (χ0) is 14.8. The number of carboxylic acid groups (broad SMARTS) is 1. The second-order valence-corrected chi connectivity index (χ2v) is 4.73. The first kappa shape index (κ1) is 13.1. The summed E-state index contributed by atoms with van der Waals surface area (Å²) in [6.45, 7) is 0. The Kier molecular flexibility index (Phi) is 3.28. The van der Waals surface area contributed by atoms with Gasteiger partial charge in [-0.1, -0.05) is 30.3 Å². The van der Waals surface area contributed by atoms with Gasteiger partial charge in [-0.05, 0) is 23.8 Å². The summed E-state index contributed by atoms with van der Waals surface area (Å²) in [5.74, 6) is -0.970. The fraction of sp³-hybridized carbons (Fsp3) is 0.0588. The standard InChI is InChI=1S/C17H14N2O2/c1-19-14-8-5-11-18-16(14)13(9-10-15(20)21)17(19)12-6-3-2-4-7-12/h2-11H,1H3,(H,20,21)/b10-9+. The molecule has 3 rings (SSSR count). The molecule has 0 saturated heterocycles. The molecule has 2 aromatic heterocycles. The smallest absolute Gasteiger partial charge is 0.328 e. The van der Waals surface area contributed by atoms with E-state index in [-0.39, 0.29) is 0 Å². The molecular formula is C17H14N2O2. The minimum Gasteiger partial charge on any atom is -0.478 e. The predicted molar refractivity (Wildman–Crippen MR) is 82.8 cm³/mol.